The van der Waals surface area contributed by atoms with E-state index >= 15 is 0 Å². The van der Waals surface area contributed by atoms with Gasteiger partial charge in [0.05, 0.1) is 5.52 Å². The van der Waals surface area contributed by atoms with Crippen molar-refractivity contribution in [3.63, 3.8) is 0 Å². The Kier molecular flexibility index (Phi) is 4.78. The molecule has 0 N–H and O–H groups in total. The first kappa shape index (κ1) is 19.2. The van der Waals surface area contributed by atoms with Gasteiger partial charge in [0.15, 0.2) is 5.76 Å². The topological polar surface area (TPSA) is 38.9 Å². The summed E-state index contributed by atoms with van der Waals surface area (Å²) in [6.07, 6.45) is 0. The molecule has 0 radical (unpaired) electrons. The van der Waals surface area contributed by atoms with Gasteiger partial charge in [-0.2, -0.15) is 0 Å². The van der Waals surface area contributed by atoms with Crippen molar-refractivity contribution in [2.45, 2.75) is 0 Å². The van der Waals surface area contributed by atoms with Crippen molar-refractivity contribution in [1.82, 2.24) is 9.97 Å². The molecule has 6 rings (SSSR count). The SMILES string of the molecule is c1ccc(-c2nc(-c3cc(-c4ccccc4)c4ccccc4n3)oc2-c2ccccc2)cc1. The summed E-state index contributed by atoms with van der Waals surface area (Å²) < 4.78 is 6.41. The molecule has 156 valence electrons. The highest BCUT2D eigenvalue weighted by molar-refractivity contribution is 5.96. The second-order valence-corrected chi connectivity index (χ2v) is 7.87. The number of para-hydroxylation sites is 1. The predicted molar refractivity (Wildman–Crippen MR) is 134 cm³/mol. The summed E-state index contributed by atoms with van der Waals surface area (Å²) in [5.74, 6) is 1.25. The van der Waals surface area contributed by atoms with Crippen molar-refractivity contribution >= 4 is 10.9 Å². The number of oxazole rings is 1. The van der Waals surface area contributed by atoms with E-state index in [0.717, 1.165) is 44.6 Å². The maximum atomic E-state index is 6.41. The van der Waals surface area contributed by atoms with Crippen LogP contribution in [0.5, 0.6) is 0 Å². The third kappa shape index (κ3) is 3.60. The van der Waals surface area contributed by atoms with Crippen molar-refractivity contribution in [3.05, 3.63) is 121 Å². The number of hydrogen-bond donors (Lipinski definition) is 0. The fourth-order valence-corrected chi connectivity index (χ4v) is 4.15. The van der Waals surface area contributed by atoms with Gasteiger partial charge in [-0.1, -0.05) is 109 Å². The first-order valence-electron chi connectivity index (χ1n) is 10.9. The van der Waals surface area contributed by atoms with Crippen molar-refractivity contribution in [1.29, 1.82) is 0 Å². The number of fused-ring (bicyclic) bond motifs is 1. The highest BCUT2D eigenvalue weighted by Gasteiger charge is 2.20. The molecule has 0 atom stereocenters. The number of nitrogens with zero attached hydrogens (tertiary/aromatic N) is 2. The zero-order valence-corrected chi connectivity index (χ0v) is 17.8. The standard InChI is InChI=1S/C30H20N2O/c1-4-12-21(13-5-1)25-20-27(31-26-19-11-10-18-24(25)26)30-32-28(22-14-6-2-7-15-22)29(33-30)23-16-8-3-9-17-23/h1-20H. The van der Waals surface area contributed by atoms with Crippen molar-refractivity contribution in [2.75, 3.05) is 0 Å². The van der Waals surface area contributed by atoms with Crippen LogP contribution in [0.15, 0.2) is 126 Å². The van der Waals surface area contributed by atoms with E-state index in [4.69, 9.17) is 14.4 Å². The number of benzene rings is 4. The largest absolute Gasteiger partial charge is 0.434 e. The van der Waals surface area contributed by atoms with Gasteiger partial charge in [-0.05, 0) is 23.3 Å². The molecule has 0 saturated heterocycles. The molecule has 6 aromatic rings. The van der Waals surface area contributed by atoms with Gasteiger partial charge in [0.25, 0.3) is 0 Å². The molecule has 0 fully saturated rings. The summed E-state index contributed by atoms with van der Waals surface area (Å²) in [6.45, 7) is 0. The van der Waals surface area contributed by atoms with Crippen molar-refractivity contribution in [2.24, 2.45) is 0 Å². The van der Waals surface area contributed by atoms with Gasteiger partial charge in [-0.3, -0.25) is 0 Å². The fourth-order valence-electron chi connectivity index (χ4n) is 4.15. The van der Waals surface area contributed by atoms with E-state index in [-0.39, 0.29) is 0 Å². The van der Waals surface area contributed by atoms with E-state index in [0.29, 0.717) is 11.6 Å². The van der Waals surface area contributed by atoms with Gasteiger partial charge in [0.2, 0.25) is 5.89 Å². The lowest BCUT2D eigenvalue weighted by molar-refractivity contribution is 0.587. The molecule has 0 aliphatic rings. The Morgan fingerprint density at radius 1 is 0.515 bits per heavy atom. The summed E-state index contributed by atoms with van der Waals surface area (Å²) >= 11 is 0. The average Bonchev–Trinajstić information content (AvgIpc) is 3.35. The number of pyridine rings is 1. The lowest BCUT2D eigenvalue weighted by Crippen LogP contribution is -1.90. The normalized spacial score (nSPS) is 11.0. The summed E-state index contributed by atoms with van der Waals surface area (Å²) in [4.78, 5) is 9.86. The molecule has 0 aliphatic carbocycles. The molecule has 2 aromatic heterocycles. The van der Waals surface area contributed by atoms with Crippen LogP contribution in [-0.4, -0.2) is 9.97 Å². The smallest absolute Gasteiger partial charge is 0.246 e. The highest BCUT2D eigenvalue weighted by atomic mass is 16.4. The molecule has 0 saturated carbocycles. The number of rotatable bonds is 4. The Morgan fingerprint density at radius 3 is 1.79 bits per heavy atom. The van der Waals surface area contributed by atoms with Crippen LogP contribution in [0.2, 0.25) is 0 Å². The third-order valence-electron chi connectivity index (χ3n) is 5.73. The molecule has 0 amide bonds. The molecule has 4 aromatic carbocycles. The number of aromatic nitrogens is 2. The molecular weight excluding hydrogens is 404 g/mol. The van der Waals surface area contributed by atoms with Crippen LogP contribution in [0.3, 0.4) is 0 Å². The Morgan fingerprint density at radius 2 is 1.09 bits per heavy atom. The van der Waals surface area contributed by atoms with Gasteiger partial charge in [-0.15, -0.1) is 0 Å². The predicted octanol–water partition coefficient (Wildman–Crippen LogP) is 7.89. The molecule has 33 heavy (non-hydrogen) atoms. The molecule has 0 spiro atoms. The summed E-state index contributed by atoms with van der Waals surface area (Å²) in [7, 11) is 0. The third-order valence-corrected chi connectivity index (χ3v) is 5.73. The second kappa shape index (κ2) is 8.21. The maximum absolute atomic E-state index is 6.41. The van der Waals surface area contributed by atoms with Gasteiger partial charge in [0.1, 0.15) is 11.4 Å². The van der Waals surface area contributed by atoms with E-state index in [1.54, 1.807) is 0 Å². The molecule has 0 bridgehead atoms. The molecule has 3 nitrogen and oxygen atoms in total. The molecule has 0 aliphatic heterocycles. The summed E-state index contributed by atoms with van der Waals surface area (Å²) in [5.41, 5.74) is 6.68. The Bertz CT molecular complexity index is 1480. The zero-order valence-electron chi connectivity index (χ0n) is 17.8. The molecular formula is C30H20N2O. The Labute approximate surface area is 192 Å². The first-order chi connectivity index (χ1) is 16.4. The fraction of sp³-hybridized carbons (Fsp3) is 0. The minimum atomic E-state index is 0.510. The lowest BCUT2D eigenvalue weighted by atomic mass is 10.00. The monoisotopic (exact) mass is 424 g/mol. The molecule has 2 heterocycles. The minimum Gasteiger partial charge on any atom is -0.434 e. The first-order valence-corrected chi connectivity index (χ1v) is 10.9. The van der Waals surface area contributed by atoms with Crippen LogP contribution in [0, 0.1) is 0 Å². The van der Waals surface area contributed by atoms with E-state index < -0.39 is 0 Å². The van der Waals surface area contributed by atoms with Gasteiger partial charge in [0, 0.05) is 16.5 Å². The van der Waals surface area contributed by atoms with Crippen LogP contribution < -0.4 is 0 Å². The van der Waals surface area contributed by atoms with Crippen LogP contribution in [-0.2, 0) is 0 Å². The second-order valence-electron chi connectivity index (χ2n) is 7.87. The number of hydrogen-bond acceptors (Lipinski definition) is 3. The Balaban J connectivity index is 1.59. The van der Waals surface area contributed by atoms with Crippen LogP contribution in [0.25, 0.3) is 56.2 Å². The van der Waals surface area contributed by atoms with Crippen molar-refractivity contribution in [3.8, 4) is 45.3 Å². The van der Waals surface area contributed by atoms with Crippen LogP contribution in [0.1, 0.15) is 0 Å². The van der Waals surface area contributed by atoms with E-state index in [9.17, 15) is 0 Å². The zero-order chi connectivity index (χ0) is 22.0. The molecule has 3 heteroatoms. The quantitative estimate of drug-likeness (QED) is 0.289. The maximum Gasteiger partial charge on any atom is 0.246 e. The van der Waals surface area contributed by atoms with Crippen LogP contribution in [0.4, 0.5) is 0 Å². The minimum absolute atomic E-state index is 0.510. The van der Waals surface area contributed by atoms with E-state index in [1.165, 1.54) is 0 Å². The lowest BCUT2D eigenvalue weighted by Gasteiger charge is -2.08. The molecule has 0 unspecified atom stereocenters. The van der Waals surface area contributed by atoms with Gasteiger partial charge >= 0.3 is 0 Å². The van der Waals surface area contributed by atoms with Crippen molar-refractivity contribution < 1.29 is 4.42 Å². The summed E-state index contributed by atoms with van der Waals surface area (Å²) in [6, 6.07) is 40.9. The Hall–Kier alpha value is -4.50. The van der Waals surface area contributed by atoms with Gasteiger partial charge < -0.3 is 4.42 Å². The van der Waals surface area contributed by atoms with E-state index in [1.807, 2.05) is 72.8 Å². The van der Waals surface area contributed by atoms with E-state index in [2.05, 4.69) is 48.5 Å². The highest BCUT2D eigenvalue weighted by Crippen LogP contribution is 2.37. The summed E-state index contributed by atoms with van der Waals surface area (Å²) in [5, 5.41) is 1.10. The average molecular weight is 425 g/mol. The van der Waals surface area contributed by atoms with Crippen LogP contribution >= 0.6 is 0 Å². The van der Waals surface area contributed by atoms with Gasteiger partial charge in [-0.25, -0.2) is 9.97 Å².